The van der Waals surface area contributed by atoms with E-state index in [9.17, 15) is 19.2 Å². The first-order valence-corrected chi connectivity index (χ1v) is 10.3. The number of benzene rings is 1. The maximum absolute atomic E-state index is 12.8. The van der Waals surface area contributed by atoms with E-state index in [1.165, 1.54) is 12.1 Å². The van der Waals surface area contributed by atoms with Crippen LogP contribution in [0.2, 0.25) is 0 Å². The van der Waals surface area contributed by atoms with E-state index in [4.69, 9.17) is 0 Å². The Hall–Kier alpha value is -4.15. The Kier molecular flexibility index (Phi) is 6.11. The molecule has 3 heterocycles. The second kappa shape index (κ2) is 9.15. The van der Waals surface area contributed by atoms with Gasteiger partial charge in [0.25, 0.3) is 17.7 Å². The number of ether oxygens (including phenoxy) is 1. The van der Waals surface area contributed by atoms with E-state index in [2.05, 4.69) is 25.4 Å². The minimum Gasteiger partial charge on any atom is -0.469 e. The number of fused-ring (bicyclic) bond motifs is 1. The monoisotopic (exact) mass is 450 g/mol. The molecule has 1 fully saturated rings. The number of hydrogen-bond donors (Lipinski definition) is 1. The van der Waals surface area contributed by atoms with Crippen molar-refractivity contribution in [2.45, 2.75) is 32.0 Å². The molecule has 0 radical (unpaired) electrons. The normalized spacial score (nSPS) is 19.1. The van der Waals surface area contributed by atoms with Crippen LogP contribution in [0.15, 0.2) is 52.8 Å². The Morgan fingerprint density at radius 1 is 1.12 bits per heavy atom. The van der Waals surface area contributed by atoms with Gasteiger partial charge in [0, 0.05) is 17.8 Å². The molecule has 2 atom stereocenters. The molecule has 2 aliphatic heterocycles. The van der Waals surface area contributed by atoms with Crippen molar-refractivity contribution in [1.29, 1.82) is 0 Å². The van der Waals surface area contributed by atoms with Crippen LogP contribution >= 0.6 is 0 Å². The Morgan fingerprint density at radius 3 is 2.67 bits per heavy atom. The molecule has 0 unspecified atom stereocenters. The summed E-state index contributed by atoms with van der Waals surface area (Å²) in [5, 5.41) is 12.2. The van der Waals surface area contributed by atoms with Crippen LogP contribution in [0.25, 0.3) is 0 Å². The Balaban J connectivity index is 1.44. The molecule has 0 aliphatic carbocycles. The lowest BCUT2D eigenvalue weighted by Crippen LogP contribution is -2.40. The molecule has 1 aromatic heterocycles. The number of aryl methyl sites for hydroxylation is 1. The molecule has 33 heavy (non-hydrogen) atoms. The summed E-state index contributed by atoms with van der Waals surface area (Å²) in [7, 11) is 1.24. The van der Waals surface area contributed by atoms with Gasteiger partial charge in [-0.05, 0) is 36.8 Å². The van der Waals surface area contributed by atoms with Gasteiger partial charge in [-0.15, -0.1) is 0 Å². The molecule has 2 aliphatic rings. The van der Waals surface area contributed by atoms with Crippen molar-refractivity contribution in [1.82, 2.24) is 14.9 Å². The quantitative estimate of drug-likeness (QED) is 0.499. The van der Waals surface area contributed by atoms with Gasteiger partial charge in [-0.1, -0.05) is 23.4 Å². The average molecular weight is 450 g/mol. The molecule has 11 nitrogen and oxygen atoms in total. The molecule has 0 saturated carbocycles. The van der Waals surface area contributed by atoms with E-state index in [1.54, 1.807) is 36.4 Å². The third-order valence-corrected chi connectivity index (χ3v) is 5.38. The molecule has 1 saturated heterocycles. The van der Waals surface area contributed by atoms with Gasteiger partial charge in [0.05, 0.1) is 20.1 Å². The fraction of sp³-hybridized carbons (Fsp3) is 0.318. The fourth-order valence-electron chi connectivity index (χ4n) is 3.73. The number of carbonyl (C=O) groups is 4. The third kappa shape index (κ3) is 4.56. The number of carbonyl (C=O) groups excluding carboxylic acids is 4. The number of likely N-dealkylation sites (tertiary alicyclic amines) is 1. The van der Waals surface area contributed by atoms with Gasteiger partial charge in [0.15, 0.2) is 12.1 Å². The summed E-state index contributed by atoms with van der Waals surface area (Å²) in [5.74, 6) is -1.33. The number of anilines is 1. The second-order valence-electron chi connectivity index (χ2n) is 7.67. The van der Waals surface area contributed by atoms with Crippen LogP contribution < -0.4 is 5.32 Å². The molecular formula is C22H22N6O5. The smallest absolute Gasteiger partial charge is 0.307 e. The number of rotatable bonds is 7. The predicted octanol–water partition coefficient (Wildman–Crippen LogP) is 1.49. The third-order valence-electron chi connectivity index (χ3n) is 5.38. The SMILES string of the molecule is COC(=O)CCN1C(=O)[C@@H]2[C@@H](N=NN2Cc2cccc(C(=O)Nc3cccc(C)n3)c2)C1=O. The Bertz CT molecular complexity index is 1150. The lowest BCUT2D eigenvalue weighted by Gasteiger charge is -2.20. The lowest BCUT2D eigenvalue weighted by atomic mass is 10.1. The van der Waals surface area contributed by atoms with Crippen LogP contribution in [0.5, 0.6) is 0 Å². The first-order chi connectivity index (χ1) is 15.9. The minimum absolute atomic E-state index is 0.0661. The summed E-state index contributed by atoms with van der Waals surface area (Å²) in [4.78, 5) is 54.7. The van der Waals surface area contributed by atoms with E-state index in [-0.39, 0.29) is 25.4 Å². The zero-order valence-electron chi connectivity index (χ0n) is 18.1. The molecule has 1 N–H and O–H groups in total. The molecule has 0 bridgehead atoms. The number of methoxy groups -OCH3 is 1. The van der Waals surface area contributed by atoms with Crippen molar-refractivity contribution in [3.8, 4) is 0 Å². The van der Waals surface area contributed by atoms with Gasteiger partial charge in [0.2, 0.25) is 0 Å². The number of amides is 3. The van der Waals surface area contributed by atoms with Crippen molar-refractivity contribution in [3.63, 3.8) is 0 Å². The second-order valence-corrected chi connectivity index (χ2v) is 7.67. The number of imide groups is 1. The predicted molar refractivity (Wildman–Crippen MR) is 115 cm³/mol. The van der Waals surface area contributed by atoms with E-state index in [1.807, 2.05) is 13.0 Å². The molecule has 2 aromatic rings. The first kappa shape index (κ1) is 22.1. The van der Waals surface area contributed by atoms with Gasteiger partial charge in [-0.25, -0.2) is 4.98 Å². The Labute approximate surface area is 189 Å². The summed E-state index contributed by atoms with van der Waals surface area (Å²) >= 11 is 0. The molecule has 3 amide bonds. The van der Waals surface area contributed by atoms with Gasteiger partial charge in [-0.3, -0.25) is 29.1 Å². The van der Waals surface area contributed by atoms with Crippen molar-refractivity contribution < 1.29 is 23.9 Å². The van der Waals surface area contributed by atoms with Crippen molar-refractivity contribution in [2.75, 3.05) is 19.0 Å². The summed E-state index contributed by atoms with van der Waals surface area (Å²) in [5.41, 5.74) is 1.91. The van der Waals surface area contributed by atoms with Gasteiger partial charge in [0.1, 0.15) is 5.82 Å². The maximum atomic E-state index is 12.8. The molecular weight excluding hydrogens is 428 g/mol. The number of nitrogens with one attached hydrogen (secondary N) is 1. The van der Waals surface area contributed by atoms with Gasteiger partial charge >= 0.3 is 5.97 Å². The number of hydrogen-bond acceptors (Lipinski definition) is 9. The van der Waals surface area contributed by atoms with Crippen molar-refractivity contribution in [3.05, 3.63) is 59.3 Å². The maximum Gasteiger partial charge on any atom is 0.307 e. The van der Waals surface area contributed by atoms with Crippen LogP contribution in [0.4, 0.5) is 5.82 Å². The minimum atomic E-state index is -0.936. The highest BCUT2D eigenvalue weighted by molar-refractivity contribution is 6.09. The largest absolute Gasteiger partial charge is 0.469 e. The number of esters is 1. The molecule has 1 aromatic carbocycles. The average Bonchev–Trinajstić information content (AvgIpc) is 3.31. The highest BCUT2D eigenvalue weighted by Gasteiger charge is 2.54. The van der Waals surface area contributed by atoms with Gasteiger partial charge < -0.3 is 10.1 Å². The number of pyridine rings is 1. The fourth-order valence-corrected chi connectivity index (χ4v) is 3.73. The highest BCUT2D eigenvalue weighted by atomic mass is 16.5. The highest BCUT2D eigenvalue weighted by Crippen LogP contribution is 2.29. The standard InChI is InChI=1S/C22H22N6O5/c1-13-5-3-8-16(23-13)24-20(30)15-7-4-6-14(11-15)12-28-19-18(25-26-28)21(31)27(22(19)32)10-9-17(29)33-2/h3-8,11,18-19H,9-10,12H2,1-2H3,(H,23,24,30)/t18-,19+/m1/s1. The van der Waals surface area contributed by atoms with E-state index in [0.717, 1.165) is 10.6 Å². The summed E-state index contributed by atoms with van der Waals surface area (Å²) < 4.78 is 4.57. The van der Waals surface area contributed by atoms with Gasteiger partial charge in [-0.2, -0.15) is 5.11 Å². The Morgan fingerprint density at radius 2 is 1.91 bits per heavy atom. The van der Waals surface area contributed by atoms with Crippen LogP contribution in [-0.2, 0) is 25.7 Å². The van der Waals surface area contributed by atoms with E-state index < -0.39 is 29.9 Å². The van der Waals surface area contributed by atoms with Crippen molar-refractivity contribution >= 4 is 29.5 Å². The molecule has 11 heteroatoms. The molecule has 4 rings (SSSR count). The number of nitrogens with zero attached hydrogens (tertiary/aromatic N) is 5. The number of aromatic nitrogens is 1. The summed E-state index contributed by atoms with van der Waals surface area (Å²) in [6, 6.07) is 10.4. The first-order valence-electron chi connectivity index (χ1n) is 10.3. The van der Waals surface area contributed by atoms with Crippen LogP contribution in [0.1, 0.15) is 28.0 Å². The van der Waals surface area contributed by atoms with Crippen LogP contribution in [0, 0.1) is 6.92 Å². The summed E-state index contributed by atoms with van der Waals surface area (Å²) in [6.07, 6.45) is -0.0858. The zero-order chi connectivity index (χ0) is 23.5. The van der Waals surface area contributed by atoms with E-state index >= 15 is 0 Å². The topological polar surface area (TPSA) is 134 Å². The zero-order valence-corrected chi connectivity index (χ0v) is 18.1. The summed E-state index contributed by atoms with van der Waals surface area (Å²) in [6.45, 7) is 1.95. The van der Waals surface area contributed by atoms with E-state index in [0.29, 0.717) is 16.9 Å². The molecule has 0 spiro atoms. The molecule has 170 valence electrons. The van der Waals surface area contributed by atoms with Crippen LogP contribution in [0.3, 0.4) is 0 Å². The lowest BCUT2D eigenvalue weighted by molar-refractivity contribution is -0.143. The van der Waals surface area contributed by atoms with Crippen molar-refractivity contribution in [2.24, 2.45) is 10.3 Å². The van der Waals surface area contributed by atoms with Crippen LogP contribution in [-0.4, -0.2) is 64.3 Å².